The SMILES string of the molecule is COC(=O)C(NC(=O)NCCCOC(C)C)C(C)C. The molecule has 0 heterocycles. The van der Waals surface area contributed by atoms with Gasteiger partial charge in [-0.15, -0.1) is 0 Å². The third-order valence-electron chi connectivity index (χ3n) is 2.47. The first kappa shape index (κ1) is 17.7. The fourth-order valence-corrected chi connectivity index (χ4v) is 1.41. The number of hydrogen-bond donors (Lipinski definition) is 2. The second-order valence-corrected chi connectivity index (χ2v) is 4.92. The zero-order valence-electron chi connectivity index (χ0n) is 12.5. The summed E-state index contributed by atoms with van der Waals surface area (Å²) in [7, 11) is 1.31. The quantitative estimate of drug-likeness (QED) is 0.516. The van der Waals surface area contributed by atoms with E-state index < -0.39 is 12.0 Å². The first-order valence-electron chi connectivity index (χ1n) is 6.62. The zero-order chi connectivity index (χ0) is 14.8. The normalized spacial score (nSPS) is 12.4. The predicted molar refractivity (Wildman–Crippen MR) is 72.9 cm³/mol. The van der Waals surface area contributed by atoms with E-state index in [4.69, 9.17) is 4.74 Å². The van der Waals surface area contributed by atoms with Crippen molar-refractivity contribution in [2.24, 2.45) is 5.92 Å². The minimum atomic E-state index is -0.628. The summed E-state index contributed by atoms with van der Waals surface area (Å²) in [5.41, 5.74) is 0. The average Bonchev–Trinajstić information content (AvgIpc) is 2.33. The van der Waals surface area contributed by atoms with Gasteiger partial charge in [0.1, 0.15) is 6.04 Å². The van der Waals surface area contributed by atoms with Crippen LogP contribution in [0.5, 0.6) is 0 Å². The molecule has 1 unspecified atom stereocenters. The number of amides is 2. The number of ether oxygens (including phenoxy) is 2. The largest absolute Gasteiger partial charge is 0.467 e. The van der Waals surface area contributed by atoms with Gasteiger partial charge in [0.15, 0.2) is 0 Å². The van der Waals surface area contributed by atoms with Crippen LogP contribution in [-0.2, 0) is 14.3 Å². The van der Waals surface area contributed by atoms with Gasteiger partial charge in [-0.1, -0.05) is 13.8 Å². The lowest BCUT2D eigenvalue weighted by atomic mass is 10.1. The molecule has 0 aromatic heterocycles. The highest BCUT2D eigenvalue weighted by atomic mass is 16.5. The Bertz CT molecular complexity index is 280. The summed E-state index contributed by atoms with van der Waals surface area (Å²) in [5.74, 6) is -0.462. The summed E-state index contributed by atoms with van der Waals surface area (Å²) in [6.07, 6.45) is 0.925. The van der Waals surface area contributed by atoms with E-state index >= 15 is 0 Å². The number of hydrogen-bond acceptors (Lipinski definition) is 4. The lowest BCUT2D eigenvalue weighted by Crippen LogP contribution is -2.49. The molecule has 0 aromatic rings. The average molecular weight is 274 g/mol. The molecule has 0 radical (unpaired) electrons. The lowest BCUT2D eigenvalue weighted by Gasteiger charge is -2.20. The highest BCUT2D eigenvalue weighted by Crippen LogP contribution is 2.03. The number of esters is 1. The van der Waals surface area contributed by atoms with Crippen LogP contribution in [0.1, 0.15) is 34.1 Å². The van der Waals surface area contributed by atoms with Crippen molar-refractivity contribution in [1.29, 1.82) is 0 Å². The van der Waals surface area contributed by atoms with Gasteiger partial charge in [0, 0.05) is 13.2 Å². The van der Waals surface area contributed by atoms with Crippen LogP contribution in [0, 0.1) is 5.92 Å². The third kappa shape index (κ3) is 8.42. The van der Waals surface area contributed by atoms with Gasteiger partial charge in [0.2, 0.25) is 0 Å². The fourth-order valence-electron chi connectivity index (χ4n) is 1.41. The Hall–Kier alpha value is -1.30. The summed E-state index contributed by atoms with van der Waals surface area (Å²) >= 11 is 0. The van der Waals surface area contributed by atoms with Gasteiger partial charge >= 0.3 is 12.0 Å². The summed E-state index contributed by atoms with van der Waals surface area (Å²) in [4.78, 5) is 23.1. The fraction of sp³-hybridized carbons (Fsp3) is 0.846. The Morgan fingerprint density at radius 3 is 2.26 bits per heavy atom. The summed E-state index contributed by atoms with van der Waals surface area (Å²) in [6, 6.07) is -0.995. The molecular formula is C13H26N2O4. The Morgan fingerprint density at radius 2 is 1.79 bits per heavy atom. The first-order valence-corrected chi connectivity index (χ1v) is 6.62. The van der Waals surface area contributed by atoms with Gasteiger partial charge in [0.05, 0.1) is 13.2 Å². The van der Waals surface area contributed by atoms with Crippen molar-refractivity contribution in [2.75, 3.05) is 20.3 Å². The van der Waals surface area contributed by atoms with Crippen molar-refractivity contribution < 1.29 is 19.1 Å². The van der Waals surface area contributed by atoms with Crippen LogP contribution >= 0.6 is 0 Å². The minimum absolute atomic E-state index is 0.0255. The summed E-state index contributed by atoms with van der Waals surface area (Å²) < 4.78 is 10.00. The first-order chi connectivity index (χ1) is 8.88. The number of urea groups is 1. The molecule has 19 heavy (non-hydrogen) atoms. The van der Waals surface area contributed by atoms with Gasteiger partial charge < -0.3 is 20.1 Å². The van der Waals surface area contributed by atoms with Gasteiger partial charge in [-0.25, -0.2) is 9.59 Å². The maximum absolute atomic E-state index is 11.6. The van der Waals surface area contributed by atoms with E-state index in [1.165, 1.54) is 7.11 Å². The van der Waals surface area contributed by atoms with E-state index in [0.717, 1.165) is 6.42 Å². The molecule has 0 aliphatic rings. The highest BCUT2D eigenvalue weighted by Gasteiger charge is 2.24. The number of methoxy groups -OCH3 is 1. The number of carbonyl (C=O) groups is 2. The molecule has 1 atom stereocenters. The number of rotatable bonds is 8. The molecule has 112 valence electrons. The minimum Gasteiger partial charge on any atom is -0.467 e. The molecule has 0 aliphatic heterocycles. The van der Waals surface area contributed by atoms with Crippen LogP contribution < -0.4 is 10.6 Å². The van der Waals surface area contributed by atoms with Crippen LogP contribution in [0.25, 0.3) is 0 Å². The van der Waals surface area contributed by atoms with Crippen molar-refractivity contribution in [1.82, 2.24) is 10.6 Å². The highest BCUT2D eigenvalue weighted by molar-refractivity contribution is 5.83. The van der Waals surface area contributed by atoms with E-state index in [0.29, 0.717) is 13.2 Å². The molecule has 0 rings (SSSR count). The van der Waals surface area contributed by atoms with E-state index in [2.05, 4.69) is 15.4 Å². The van der Waals surface area contributed by atoms with E-state index in [1.807, 2.05) is 27.7 Å². The predicted octanol–water partition coefficient (Wildman–Crippen LogP) is 1.30. The molecule has 0 fully saturated rings. The van der Waals surface area contributed by atoms with Crippen molar-refractivity contribution in [3.63, 3.8) is 0 Å². The summed E-state index contributed by atoms with van der Waals surface area (Å²) in [6.45, 7) is 8.72. The Morgan fingerprint density at radius 1 is 1.16 bits per heavy atom. The molecule has 6 heteroatoms. The standard InChI is InChI=1S/C13H26N2O4/c1-9(2)11(12(16)18-5)15-13(17)14-7-6-8-19-10(3)4/h9-11H,6-8H2,1-5H3,(H2,14,15,17). The van der Waals surface area contributed by atoms with Crippen molar-refractivity contribution >= 4 is 12.0 Å². The second-order valence-electron chi connectivity index (χ2n) is 4.92. The van der Waals surface area contributed by atoms with E-state index in [1.54, 1.807) is 0 Å². The molecule has 0 aliphatic carbocycles. The van der Waals surface area contributed by atoms with Crippen molar-refractivity contribution in [3.05, 3.63) is 0 Å². The zero-order valence-corrected chi connectivity index (χ0v) is 12.5. The Kier molecular flexibility index (Phi) is 8.95. The molecule has 6 nitrogen and oxygen atoms in total. The van der Waals surface area contributed by atoms with E-state index in [-0.39, 0.29) is 18.1 Å². The molecule has 0 aromatic carbocycles. The Labute approximate surface area is 115 Å². The number of nitrogens with one attached hydrogen (secondary N) is 2. The molecule has 0 saturated carbocycles. The van der Waals surface area contributed by atoms with Gasteiger partial charge in [-0.05, 0) is 26.2 Å². The molecular weight excluding hydrogens is 248 g/mol. The second kappa shape index (κ2) is 9.61. The Balaban J connectivity index is 3.91. The van der Waals surface area contributed by atoms with Crippen molar-refractivity contribution in [2.45, 2.75) is 46.3 Å². The molecule has 0 spiro atoms. The smallest absolute Gasteiger partial charge is 0.328 e. The maximum Gasteiger partial charge on any atom is 0.328 e. The van der Waals surface area contributed by atoms with Gasteiger partial charge in [-0.3, -0.25) is 0 Å². The van der Waals surface area contributed by atoms with Gasteiger partial charge in [0.25, 0.3) is 0 Å². The van der Waals surface area contributed by atoms with E-state index in [9.17, 15) is 9.59 Å². The van der Waals surface area contributed by atoms with Gasteiger partial charge in [-0.2, -0.15) is 0 Å². The molecule has 0 saturated heterocycles. The molecule has 2 amide bonds. The van der Waals surface area contributed by atoms with Crippen LogP contribution in [0.2, 0.25) is 0 Å². The van der Waals surface area contributed by atoms with Crippen LogP contribution in [0.4, 0.5) is 4.79 Å². The maximum atomic E-state index is 11.6. The van der Waals surface area contributed by atoms with Crippen LogP contribution in [0.15, 0.2) is 0 Å². The topological polar surface area (TPSA) is 76.7 Å². The molecule has 2 N–H and O–H groups in total. The summed E-state index contributed by atoms with van der Waals surface area (Å²) in [5, 5.41) is 5.28. The monoisotopic (exact) mass is 274 g/mol. The molecule has 0 bridgehead atoms. The van der Waals surface area contributed by atoms with Crippen LogP contribution in [-0.4, -0.2) is 44.4 Å². The lowest BCUT2D eigenvalue weighted by molar-refractivity contribution is -0.143. The van der Waals surface area contributed by atoms with Crippen LogP contribution in [0.3, 0.4) is 0 Å². The number of carbonyl (C=O) groups excluding carboxylic acids is 2. The van der Waals surface area contributed by atoms with Crippen molar-refractivity contribution in [3.8, 4) is 0 Å². The third-order valence-corrected chi connectivity index (χ3v) is 2.47.